The molecule has 24 heavy (non-hydrogen) atoms. The summed E-state index contributed by atoms with van der Waals surface area (Å²) in [5, 5.41) is 13.7. The molecule has 2 N–H and O–H groups in total. The third-order valence-electron chi connectivity index (χ3n) is 3.26. The highest BCUT2D eigenvalue weighted by Crippen LogP contribution is 2.24. The molecule has 0 fully saturated rings. The van der Waals surface area contributed by atoms with Crippen molar-refractivity contribution in [3.63, 3.8) is 0 Å². The molecule has 2 aromatic carbocycles. The molecule has 0 aliphatic rings. The van der Waals surface area contributed by atoms with Crippen molar-refractivity contribution in [2.24, 2.45) is 5.10 Å². The van der Waals surface area contributed by atoms with Gasteiger partial charge in [-0.15, -0.1) is 0 Å². The molecule has 2 aromatic rings. The number of hydrogen-bond acceptors (Lipinski definition) is 6. The first kappa shape index (κ1) is 17.1. The van der Waals surface area contributed by atoms with Crippen molar-refractivity contribution in [1.82, 2.24) is 5.43 Å². The van der Waals surface area contributed by atoms with Crippen LogP contribution in [0.4, 0.5) is 0 Å². The van der Waals surface area contributed by atoms with Gasteiger partial charge in [-0.2, -0.15) is 5.10 Å². The van der Waals surface area contributed by atoms with Crippen LogP contribution < -0.4 is 19.6 Å². The largest absolute Gasteiger partial charge is 0.507 e. The van der Waals surface area contributed by atoms with E-state index in [1.165, 1.54) is 32.6 Å². The van der Waals surface area contributed by atoms with Crippen LogP contribution in [0.5, 0.6) is 23.0 Å². The fourth-order valence-electron chi connectivity index (χ4n) is 1.99. The summed E-state index contributed by atoms with van der Waals surface area (Å²) in [6.07, 6.45) is 1.43. The van der Waals surface area contributed by atoms with Crippen molar-refractivity contribution in [1.29, 1.82) is 0 Å². The molecule has 0 spiro atoms. The average molecular weight is 330 g/mol. The summed E-state index contributed by atoms with van der Waals surface area (Å²) in [6.45, 7) is 0. The van der Waals surface area contributed by atoms with E-state index in [0.29, 0.717) is 22.8 Å². The molecule has 0 radical (unpaired) electrons. The number of benzene rings is 2. The zero-order chi connectivity index (χ0) is 17.5. The number of aromatic hydroxyl groups is 1. The lowest BCUT2D eigenvalue weighted by Crippen LogP contribution is -2.17. The third-order valence-corrected chi connectivity index (χ3v) is 3.26. The Kier molecular flexibility index (Phi) is 5.62. The van der Waals surface area contributed by atoms with E-state index in [9.17, 15) is 9.90 Å². The minimum atomic E-state index is -0.548. The molecule has 0 aliphatic carbocycles. The van der Waals surface area contributed by atoms with Crippen molar-refractivity contribution < 1.29 is 24.1 Å². The van der Waals surface area contributed by atoms with Gasteiger partial charge < -0.3 is 19.3 Å². The number of phenols is 1. The van der Waals surface area contributed by atoms with Gasteiger partial charge in [-0.25, -0.2) is 5.43 Å². The fraction of sp³-hybridized carbons (Fsp3) is 0.176. The van der Waals surface area contributed by atoms with Crippen LogP contribution in [0.1, 0.15) is 15.9 Å². The molecule has 7 heteroatoms. The van der Waals surface area contributed by atoms with Gasteiger partial charge in [-0.05, 0) is 30.3 Å². The molecular weight excluding hydrogens is 312 g/mol. The quantitative estimate of drug-likeness (QED) is 0.626. The van der Waals surface area contributed by atoms with Gasteiger partial charge in [-0.3, -0.25) is 4.79 Å². The average Bonchev–Trinajstić information content (AvgIpc) is 2.61. The van der Waals surface area contributed by atoms with Crippen LogP contribution in [0.3, 0.4) is 0 Å². The Hall–Kier alpha value is -3.22. The summed E-state index contributed by atoms with van der Waals surface area (Å²) in [5.41, 5.74) is 3.07. The van der Waals surface area contributed by atoms with E-state index in [1.807, 2.05) is 0 Å². The minimum absolute atomic E-state index is 0.0885. The third kappa shape index (κ3) is 3.95. The summed E-state index contributed by atoms with van der Waals surface area (Å²) in [4.78, 5) is 12.1. The Labute approximate surface area is 139 Å². The number of amides is 1. The first-order chi connectivity index (χ1) is 11.6. The lowest BCUT2D eigenvalue weighted by Gasteiger charge is -2.07. The molecule has 7 nitrogen and oxygen atoms in total. The molecule has 0 bridgehead atoms. The smallest absolute Gasteiger partial charge is 0.275 e. The van der Waals surface area contributed by atoms with Crippen molar-refractivity contribution in [2.75, 3.05) is 21.3 Å². The number of methoxy groups -OCH3 is 3. The maximum absolute atomic E-state index is 12.1. The maximum atomic E-state index is 12.1. The molecule has 0 saturated heterocycles. The van der Waals surface area contributed by atoms with E-state index >= 15 is 0 Å². The summed E-state index contributed by atoms with van der Waals surface area (Å²) in [6, 6.07) is 9.58. The Morgan fingerprint density at radius 2 is 1.71 bits per heavy atom. The second-order valence-corrected chi connectivity index (χ2v) is 4.69. The molecule has 0 atom stereocenters. The predicted molar refractivity (Wildman–Crippen MR) is 89.3 cm³/mol. The number of ether oxygens (including phenoxy) is 3. The number of carbonyl (C=O) groups is 1. The van der Waals surface area contributed by atoms with Gasteiger partial charge in [0.25, 0.3) is 5.91 Å². The summed E-state index contributed by atoms with van der Waals surface area (Å²) >= 11 is 0. The Morgan fingerprint density at radius 3 is 2.33 bits per heavy atom. The highest BCUT2D eigenvalue weighted by molar-refractivity contribution is 5.97. The second kappa shape index (κ2) is 7.87. The van der Waals surface area contributed by atoms with Gasteiger partial charge in [0.15, 0.2) is 0 Å². The van der Waals surface area contributed by atoms with E-state index in [4.69, 9.17) is 14.2 Å². The molecule has 0 aromatic heterocycles. The zero-order valence-corrected chi connectivity index (χ0v) is 13.6. The molecule has 1 amide bonds. The van der Waals surface area contributed by atoms with Crippen LogP contribution >= 0.6 is 0 Å². The number of rotatable bonds is 6. The number of carbonyl (C=O) groups excluding carboxylic acids is 1. The van der Waals surface area contributed by atoms with E-state index in [0.717, 1.165) is 0 Å². The van der Waals surface area contributed by atoms with Crippen molar-refractivity contribution >= 4 is 12.1 Å². The van der Waals surface area contributed by atoms with E-state index in [1.54, 1.807) is 31.4 Å². The summed E-state index contributed by atoms with van der Waals surface area (Å²) in [7, 11) is 4.56. The lowest BCUT2D eigenvalue weighted by atomic mass is 10.2. The summed E-state index contributed by atoms with van der Waals surface area (Å²) < 4.78 is 15.3. The number of hydrogen-bond donors (Lipinski definition) is 2. The maximum Gasteiger partial charge on any atom is 0.275 e. The first-order valence-corrected chi connectivity index (χ1v) is 7.01. The normalized spacial score (nSPS) is 10.5. The Balaban J connectivity index is 2.12. The fourth-order valence-corrected chi connectivity index (χ4v) is 1.99. The minimum Gasteiger partial charge on any atom is -0.507 e. The topological polar surface area (TPSA) is 89.4 Å². The molecule has 2 rings (SSSR count). The second-order valence-electron chi connectivity index (χ2n) is 4.69. The Morgan fingerprint density at radius 1 is 1.04 bits per heavy atom. The van der Waals surface area contributed by atoms with E-state index < -0.39 is 5.91 Å². The van der Waals surface area contributed by atoms with Gasteiger partial charge in [-0.1, -0.05) is 0 Å². The van der Waals surface area contributed by atoms with Gasteiger partial charge in [0.1, 0.15) is 23.0 Å². The Bertz CT molecular complexity index is 759. The number of nitrogens with one attached hydrogen (secondary N) is 1. The predicted octanol–water partition coefficient (Wildman–Crippen LogP) is 2.18. The van der Waals surface area contributed by atoms with E-state index in [2.05, 4.69) is 10.5 Å². The highest BCUT2D eigenvalue weighted by Gasteiger charge is 2.11. The molecule has 0 saturated carbocycles. The van der Waals surface area contributed by atoms with Gasteiger partial charge in [0, 0.05) is 11.6 Å². The van der Waals surface area contributed by atoms with Crippen molar-refractivity contribution in [3.8, 4) is 23.0 Å². The van der Waals surface area contributed by atoms with Gasteiger partial charge in [0.2, 0.25) is 0 Å². The molecule has 0 unspecified atom stereocenters. The molecule has 0 aliphatic heterocycles. The van der Waals surface area contributed by atoms with Crippen LogP contribution in [0.25, 0.3) is 0 Å². The first-order valence-electron chi connectivity index (χ1n) is 7.01. The van der Waals surface area contributed by atoms with Crippen LogP contribution in [0, 0.1) is 0 Å². The number of phenolic OH excluding ortho intramolecular Hbond substituents is 1. The lowest BCUT2D eigenvalue weighted by molar-refractivity contribution is 0.0952. The van der Waals surface area contributed by atoms with E-state index in [-0.39, 0.29) is 11.3 Å². The SMILES string of the molecule is COc1ccc(C(=O)N/N=C\c2cc(OC)ccc2OC)c(O)c1. The van der Waals surface area contributed by atoms with Crippen molar-refractivity contribution in [2.45, 2.75) is 0 Å². The molecular formula is C17H18N2O5. The molecule has 0 heterocycles. The monoisotopic (exact) mass is 330 g/mol. The number of hydrazone groups is 1. The highest BCUT2D eigenvalue weighted by atomic mass is 16.5. The van der Waals surface area contributed by atoms with Crippen LogP contribution in [0.15, 0.2) is 41.5 Å². The van der Waals surface area contributed by atoms with Crippen LogP contribution in [-0.4, -0.2) is 38.6 Å². The van der Waals surface area contributed by atoms with Crippen molar-refractivity contribution in [3.05, 3.63) is 47.5 Å². The summed E-state index contributed by atoms with van der Waals surface area (Å²) in [5.74, 6) is 0.931. The molecule has 126 valence electrons. The van der Waals surface area contributed by atoms with Crippen LogP contribution in [-0.2, 0) is 0 Å². The number of nitrogens with zero attached hydrogens (tertiary/aromatic N) is 1. The zero-order valence-electron chi connectivity index (χ0n) is 13.6. The van der Waals surface area contributed by atoms with Gasteiger partial charge in [0.05, 0.1) is 33.1 Å². The standard InChI is InChI=1S/C17H18N2O5/c1-22-12-5-7-16(24-3)11(8-12)10-18-19-17(21)14-6-4-13(23-2)9-15(14)20/h4-10,20H,1-3H3,(H,19,21)/b18-10-. The van der Waals surface area contributed by atoms with Crippen LogP contribution in [0.2, 0.25) is 0 Å². The van der Waals surface area contributed by atoms with Gasteiger partial charge >= 0.3 is 0 Å².